The van der Waals surface area contributed by atoms with E-state index in [-0.39, 0.29) is 0 Å². The summed E-state index contributed by atoms with van der Waals surface area (Å²) in [5.74, 6) is 1.53. The lowest BCUT2D eigenvalue weighted by atomic mass is 9.75. The lowest BCUT2D eigenvalue weighted by molar-refractivity contribution is 0.00284. The van der Waals surface area contributed by atoms with Gasteiger partial charge in [0.05, 0.1) is 6.61 Å². The second kappa shape index (κ2) is 6.88. The van der Waals surface area contributed by atoms with Gasteiger partial charge in [0.2, 0.25) is 0 Å². The lowest BCUT2D eigenvalue weighted by Gasteiger charge is -2.47. The summed E-state index contributed by atoms with van der Waals surface area (Å²) in [5.41, 5.74) is 5.98. The molecule has 1 aliphatic heterocycles. The second-order valence-corrected chi connectivity index (χ2v) is 6.22. The Morgan fingerprint density at radius 2 is 2.06 bits per heavy atom. The van der Waals surface area contributed by atoms with E-state index in [9.17, 15) is 5.11 Å². The molecule has 3 nitrogen and oxygen atoms in total. The van der Waals surface area contributed by atoms with Crippen LogP contribution < -0.4 is 5.73 Å². The number of nitrogens with zero attached hydrogens (tertiary/aromatic N) is 1. The largest absolute Gasteiger partial charge is 0.395 e. The van der Waals surface area contributed by atoms with Crippen LogP contribution in [0.15, 0.2) is 0 Å². The fourth-order valence-electron chi connectivity index (χ4n) is 4.00. The van der Waals surface area contributed by atoms with Crippen molar-refractivity contribution in [2.75, 3.05) is 19.7 Å². The van der Waals surface area contributed by atoms with Crippen molar-refractivity contribution in [2.24, 2.45) is 17.6 Å². The van der Waals surface area contributed by atoms with Crippen LogP contribution in [0, 0.1) is 11.8 Å². The normalized spacial score (nSPS) is 38.8. The van der Waals surface area contributed by atoms with Crippen LogP contribution in [0.3, 0.4) is 0 Å². The molecule has 3 heteroatoms. The molecule has 0 spiro atoms. The Balaban J connectivity index is 2.05. The Morgan fingerprint density at radius 1 is 1.22 bits per heavy atom. The smallest absolute Gasteiger partial charge is 0.0586 e. The Kier molecular flexibility index (Phi) is 5.46. The summed E-state index contributed by atoms with van der Waals surface area (Å²) < 4.78 is 0. The van der Waals surface area contributed by atoms with Gasteiger partial charge in [0.15, 0.2) is 0 Å². The monoisotopic (exact) mass is 254 g/mol. The van der Waals surface area contributed by atoms with Crippen LogP contribution in [0.25, 0.3) is 0 Å². The van der Waals surface area contributed by atoms with E-state index in [1.807, 2.05) is 0 Å². The highest BCUT2D eigenvalue weighted by molar-refractivity contribution is 4.91. The van der Waals surface area contributed by atoms with Gasteiger partial charge in [-0.1, -0.05) is 26.2 Å². The molecule has 0 aromatic rings. The van der Waals surface area contributed by atoms with E-state index in [2.05, 4.69) is 11.8 Å². The molecule has 1 saturated heterocycles. The average Bonchev–Trinajstić information content (AvgIpc) is 2.46. The summed E-state index contributed by atoms with van der Waals surface area (Å²) in [6.07, 6.45) is 8.97. The molecule has 0 bridgehead atoms. The minimum atomic E-state index is 0.324. The van der Waals surface area contributed by atoms with Gasteiger partial charge in [-0.25, -0.2) is 0 Å². The molecule has 1 heterocycles. The fraction of sp³-hybridized carbons (Fsp3) is 1.00. The molecule has 0 radical (unpaired) electrons. The summed E-state index contributed by atoms with van der Waals surface area (Å²) in [7, 11) is 0. The third-order valence-electron chi connectivity index (χ3n) is 5.25. The van der Waals surface area contributed by atoms with E-state index in [0.717, 1.165) is 12.5 Å². The molecular weight excluding hydrogens is 224 g/mol. The molecule has 0 aromatic carbocycles. The molecule has 2 aliphatic rings. The van der Waals surface area contributed by atoms with Gasteiger partial charge in [-0.3, -0.25) is 4.90 Å². The van der Waals surface area contributed by atoms with Crippen molar-refractivity contribution in [1.29, 1.82) is 0 Å². The van der Waals surface area contributed by atoms with Crippen molar-refractivity contribution in [2.45, 2.75) is 64.0 Å². The highest BCUT2D eigenvalue weighted by Crippen LogP contribution is 2.36. The van der Waals surface area contributed by atoms with Gasteiger partial charge in [-0.05, 0) is 50.6 Å². The van der Waals surface area contributed by atoms with Crippen LogP contribution in [0.2, 0.25) is 0 Å². The maximum atomic E-state index is 9.60. The van der Waals surface area contributed by atoms with Crippen LogP contribution >= 0.6 is 0 Å². The number of piperidine rings is 1. The Labute approximate surface area is 112 Å². The van der Waals surface area contributed by atoms with Crippen molar-refractivity contribution in [3.8, 4) is 0 Å². The van der Waals surface area contributed by atoms with E-state index in [1.54, 1.807) is 0 Å². The summed E-state index contributed by atoms with van der Waals surface area (Å²) in [4.78, 5) is 2.60. The zero-order chi connectivity index (χ0) is 13.0. The predicted octanol–water partition coefficient (Wildman–Crippen LogP) is 1.99. The maximum Gasteiger partial charge on any atom is 0.0586 e. The number of hydrogen-bond donors (Lipinski definition) is 2. The number of likely N-dealkylation sites (tertiary alicyclic amines) is 1. The van der Waals surface area contributed by atoms with E-state index >= 15 is 0 Å². The maximum absolute atomic E-state index is 9.60. The van der Waals surface area contributed by atoms with Crippen molar-refractivity contribution < 1.29 is 5.11 Å². The van der Waals surface area contributed by atoms with Crippen LogP contribution in [-0.2, 0) is 0 Å². The van der Waals surface area contributed by atoms with Gasteiger partial charge in [0, 0.05) is 12.1 Å². The summed E-state index contributed by atoms with van der Waals surface area (Å²) in [6, 6.07) is 1.03. The number of hydrogen-bond acceptors (Lipinski definition) is 3. The van der Waals surface area contributed by atoms with E-state index in [0.29, 0.717) is 24.6 Å². The van der Waals surface area contributed by atoms with Crippen LogP contribution in [0.4, 0.5) is 0 Å². The number of aliphatic hydroxyl groups is 1. The average molecular weight is 254 g/mol. The van der Waals surface area contributed by atoms with Crippen LogP contribution in [0.5, 0.6) is 0 Å². The first-order valence-electron chi connectivity index (χ1n) is 7.86. The molecule has 3 N–H and O–H groups in total. The van der Waals surface area contributed by atoms with Crippen LogP contribution in [-0.4, -0.2) is 41.8 Å². The third-order valence-corrected chi connectivity index (χ3v) is 5.25. The van der Waals surface area contributed by atoms with Gasteiger partial charge < -0.3 is 10.8 Å². The molecule has 0 amide bonds. The third kappa shape index (κ3) is 3.06. The summed E-state index contributed by atoms with van der Waals surface area (Å²) >= 11 is 0. The van der Waals surface area contributed by atoms with Gasteiger partial charge in [-0.15, -0.1) is 0 Å². The van der Waals surface area contributed by atoms with Crippen LogP contribution in [0.1, 0.15) is 51.9 Å². The lowest BCUT2D eigenvalue weighted by Crippen LogP contribution is -2.54. The Morgan fingerprint density at radius 3 is 2.72 bits per heavy atom. The molecular formula is C15H30N2O. The fourth-order valence-corrected chi connectivity index (χ4v) is 4.00. The zero-order valence-electron chi connectivity index (χ0n) is 11.9. The first kappa shape index (κ1) is 14.3. The minimum Gasteiger partial charge on any atom is -0.395 e. The predicted molar refractivity (Wildman–Crippen MR) is 75.4 cm³/mol. The first-order chi connectivity index (χ1) is 8.80. The number of aliphatic hydroxyl groups excluding tert-OH is 1. The molecule has 2 fully saturated rings. The van der Waals surface area contributed by atoms with E-state index in [1.165, 1.54) is 51.5 Å². The molecule has 2 rings (SSSR count). The van der Waals surface area contributed by atoms with Crippen molar-refractivity contribution in [3.05, 3.63) is 0 Å². The van der Waals surface area contributed by atoms with Crippen molar-refractivity contribution in [1.82, 2.24) is 4.90 Å². The Bertz CT molecular complexity index is 247. The molecule has 1 saturated carbocycles. The van der Waals surface area contributed by atoms with E-state index < -0.39 is 0 Å². The molecule has 0 aromatic heterocycles. The molecule has 4 unspecified atom stereocenters. The second-order valence-electron chi connectivity index (χ2n) is 6.22. The molecule has 4 atom stereocenters. The zero-order valence-corrected chi connectivity index (χ0v) is 11.9. The standard InChI is InChI=1S/C15H30N2O/c1-2-12-6-7-13(10-16)15(9-12)17-8-4-3-5-14(17)11-18/h12-15,18H,2-11,16H2,1H3. The highest BCUT2D eigenvalue weighted by Gasteiger charge is 2.36. The van der Waals surface area contributed by atoms with E-state index in [4.69, 9.17) is 5.73 Å². The summed E-state index contributed by atoms with van der Waals surface area (Å²) in [5, 5.41) is 9.60. The first-order valence-corrected chi connectivity index (χ1v) is 7.86. The number of nitrogens with two attached hydrogens (primary N) is 1. The molecule has 1 aliphatic carbocycles. The van der Waals surface area contributed by atoms with Gasteiger partial charge in [0.1, 0.15) is 0 Å². The van der Waals surface area contributed by atoms with Gasteiger partial charge in [0.25, 0.3) is 0 Å². The topological polar surface area (TPSA) is 49.5 Å². The Hall–Kier alpha value is -0.120. The van der Waals surface area contributed by atoms with Gasteiger partial charge in [-0.2, -0.15) is 0 Å². The SMILES string of the molecule is CCC1CCC(CN)C(N2CCCCC2CO)C1. The molecule has 18 heavy (non-hydrogen) atoms. The van der Waals surface area contributed by atoms with Crippen molar-refractivity contribution >= 4 is 0 Å². The number of rotatable bonds is 4. The molecule has 106 valence electrons. The van der Waals surface area contributed by atoms with Gasteiger partial charge >= 0.3 is 0 Å². The summed E-state index contributed by atoms with van der Waals surface area (Å²) in [6.45, 7) is 4.62. The minimum absolute atomic E-state index is 0.324. The quantitative estimate of drug-likeness (QED) is 0.806. The van der Waals surface area contributed by atoms with Crippen molar-refractivity contribution in [3.63, 3.8) is 0 Å². The highest BCUT2D eigenvalue weighted by atomic mass is 16.3.